The molecule has 0 saturated carbocycles. The van der Waals surface area contributed by atoms with Crippen molar-refractivity contribution in [2.24, 2.45) is 0 Å². The van der Waals surface area contributed by atoms with Crippen molar-refractivity contribution in [3.8, 4) is 0 Å². The van der Waals surface area contributed by atoms with Gasteiger partial charge in [-0.1, -0.05) is 0 Å². The third kappa shape index (κ3) is 2.04. The van der Waals surface area contributed by atoms with E-state index in [1.807, 2.05) is 0 Å². The van der Waals surface area contributed by atoms with E-state index in [4.69, 9.17) is 5.73 Å². The molecule has 0 fully saturated rings. The van der Waals surface area contributed by atoms with Crippen molar-refractivity contribution in [1.29, 1.82) is 0 Å². The molecular weight excluding hydrogens is 280 g/mol. The fourth-order valence-corrected chi connectivity index (χ4v) is 1.83. The number of hydrogen-bond donors (Lipinski definition) is 1. The van der Waals surface area contributed by atoms with Gasteiger partial charge in [-0.05, 0) is 22.0 Å². The smallest absolute Gasteiger partial charge is 0.344 e. The zero-order valence-corrected chi connectivity index (χ0v) is 10.2. The quantitative estimate of drug-likeness (QED) is 0.627. The lowest BCUT2D eigenvalue weighted by molar-refractivity contribution is 0.592. The van der Waals surface area contributed by atoms with Gasteiger partial charge in [0, 0.05) is 22.8 Å². The average Bonchev–Trinajstić information content (AvgIpc) is 2.19. The Morgan fingerprint density at radius 2 is 2.20 bits per heavy atom. The minimum Gasteiger partial charge on any atom is -0.609 e. The van der Waals surface area contributed by atoms with Crippen LogP contribution in [0.25, 0.3) is 11.0 Å². The number of hydrogen-bond acceptors (Lipinski definition) is 5. The Labute approximate surface area is 97.4 Å². The largest absolute Gasteiger partial charge is 0.609 e. The summed E-state index contributed by atoms with van der Waals surface area (Å²) < 4.78 is 11.9. The zero-order chi connectivity index (χ0) is 11.0. The summed E-state index contributed by atoms with van der Waals surface area (Å²) in [7, 11) is 0. The standard InChI is InChI=1S/C8H7BrN4OS/c1-15(14)8-11-3-4-2-5(9)6(10)12-7(4)13-8/h2-3H,1H3,(H2,10,11,12,13). The van der Waals surface area contributed by atoms with Crippen LogP contribution in [0.15, 0.2) is 21.9 Å². The summed E-state index contributed by atoms with van der Waals surface area (Å²) in [4.78, 5) is 12.1. The normalized spacial score (nSPS) is 13.0. The molecule has 78 valence electrons. The van der Waals surface area contributed by atoms with Gasteiger partial charge in [0.25, 0.3) is 0 Å². The van der Waals surface area contributed by atoms with Crippen LogP contribution in [0.4, 0.5) is 5.82 Å². The van der Waals surface area contributed by atoms with Crippen LogP contribution < -0.4 is 5.73 Å². The molecule has 2 N–H and O–H groups in total. The van der Waals surface area contributed by atoms with E-state index in [0.29, 0.717) is 15.9 Å². The summed E-state index contributed by atoms with van der Waals surface area (Å²) >= 11 is 2.05. The highest BCUT2D eigenvalue weighted by atomic mass is 79.9. The van der Waals surface area contributed by atoms with Gasteiger partial charge in [-0.15, -0.1) is 0 Å². The van der Waals surface area contributed by atoms with E-state index < -0.39 is 11.2 Å². The van der Waals surface area contributed by atoms with Crippen molar-refractivity contribution >= 4 is 44.0 Å². The Morgan fingerprint density at radius 3 is 2.87 bits per heavy atom. The molecule has 7 heteroatoms. The fourth-order valence-electron chi connectivity index (χ4n) is 1.07. The van der Waals surface area contributed by atoms with Crippen molar-refractivity contribution in [1.82, 2.24) is 15.0 Å². The summed E-state index contributed by atoms with van der Waals surface area (Å²) in [5, 5.41) is 1.02. The highest BCUT2D eigenvalue weighted by Crippen LogP contribution is 2.21. The topological polar surface area (TPSA) is 87.8 Å². The molecule has 2 aromatic rings. The number of pyridine rings is 1. The molecule has 1 unspecified atom stereocenters. The van der Waals surface area contributed by atoms with Gasteiger partial charge < -0.3 is 10.3 Å². The SMILES string of the molecule is C[S+]([O-])c1ncc2cc(Br)c(N)nc2n1. The third-order valence-corrected chi connectivity index (χ3v) is 3.13. The number of nitrogen functional groups attached to an aromatic ring is 1. The van der Waals surface area contributed by atoms with Crippen LogP contribution in [-0.4, -0.2) is 25.8 Å². The van der Waals surface area contributed by atoms with Crippen LogP contribution in [0.2, 0.25) is 0 Å². The van der Waals surface area contributed by atoms with E-state index in [2.05, 4.69) is 30.9 Å². The van der Waals surface area contributed by atoms with Crippen molar-refractivity contribution in [3.63, 3.8) is 0 Å². The van der Waals surface area contributed by atoms with Gasteiger partial charge in [0.1, 0.15) is 12.1 Å². The maximum Gasteiger partial charge on any atom is 0.344 e. The Hall–Kier alpha value is -0.920. The van der Waals surface area contributed by atoms with Gasteiger partial charge in [0.15, 0.2) is 5.65 Å². The van der Waals surface area contributed by atoms with E-state index in [-0.39, 0.29) is 5.16 Å². The number of aromatic nitrogens is 3. The molecule has 0 spiro atoms. The highest BCUT2D eigenvalue weighted by Gasteiger charge is 2.11. The van der Waals surface area contributed by atoms with Crippen LogP contribution in [0.1, 0.15) is 0 Å². The Morgan fingerprint density at radius 1 is 1.47 bits per heavy atom. The van der Waals surface area contributed by atoms with Gasteiger partial charge >= 0.3 is 5.16 Å². The molecule has 5 nitrogen and oxygen atoms in total. The number of nitrogens with zero attached hydrogens (tertiary/aromatic N) is 3. The van der Waals surface area contributed by atoms with E-state index in [0.717, 1.165) is 5.39 Å². The molecule has 0 amide bonds. The van der Waals surface area contributed by atoms with Crippen LogP contribution in [0.3, 0.4) is 0 Å². The molecule has 0 aliphatic rings. The van der Waals surface area contributed by atoms with E-state index in [9.17, 15) is 4.55 Å². The van der Waals surface area contributed by atoms with Crippen LogP contribution in [0.5, 0.6) is 0 Å². The maximum atomic E-state index is 11.2. The van der Waals surface area contributed by atoms with Gasteiger partial charge in [0.2, 0.25) is 0 Å². The molecule has 1 atom stereocenters. The lowest BCUT2D eigenvalue weighted by atomic mass is 10.3. The number of nitrogens with two attached hydrogens (primary N) is 1. The predicted octanol–water partition coefficient (Wildman–Crippen LogP) is 1.11. The Bertz CT molecular complexity index is 519. The number of fused-ring (bicyclic) bond motifs is 1. The van der Waals surface area contributed by atoms with Crippen molar-refractivity contribution in [3.05, 3.63) is 16.7 Å². The second-order valence-electron chi connectivity index (χ2n) is 2.87. The van der Waals surface area contributed by atoms with E-state index in [1.54, 1.807) is 12.3 Å². The van der Waals surface area contributed by atoms with E-state index in [1.165, 1.54) is 6.26 Å². The molecule has 0 aliphatic carbocycles. The molecule has 2 rings (SSSR count). The second kappa shape index (κ2) is 3.92. The second-order valence-corrected chi connectivity index (χ2v) is 5.00. The van der Waals surface area contributed by atoms with E-state index >= 15 is 0 Å². The van der Waals surface area contributed by atoms with Crippen LogP contribution in [-0.2, 0) is 11.2 Å². The van der Waals surface area contributed by atoms with Crippen LogP contribution in [0, 0.1) is 0 Å². The number of anilines is 1. The first-order chi connectivity index (χ1) is 7.08. The minimum absolute atomic E-state index is 0.261. The molecule has 15 heavy (non-hydrogen) atoms. The summed E-state index contributed by atoms with van der Waals surface area (Å²) in [5.41, 5.74) is 6.07. The molecule has 0 aromatic carbocycles. The molecule has 2 aromatic heterocycles. The van der Waals surface area contributed by atoms with Gasteiger partial charge in [-0.25, -0.2) is 4.98 Å². The lowest BCUT2D eigenvalue weighted by Crippen LogP contribution is -2.05. The summed E-state index contributed by atoms with van der Waals surface area (Å²) in [6, 6.07) is 1.78. The van der Waals surface area contributed by atoms with Gasteiger partial charge in [0.05, 0.1) is 4.47 Å². The van der Waals surface area contributed by atoms with Crippen LogP contribution >= 0.6 is 15.9 Å². The molecule has 0 radical (unpaired) electrons. The fraction of sp³-hybridized carbons (Fsp3) is 0.125. The molecule has 0 saturated heterocycles. The molecule has 2 heterocycles. The average molecular weight is 287 g/mol. The first-order valence-corrected chi connectivity index (χ1v) is 6.35. The molecule has 0 aliphatic heterocycles. The number of halogens is 1. The minimum atomic E-state index is -1.21. The monoisotopic (exact) mass is 286 g/mol. The molecule has 0 bridgehead atoms. The predicted molar refractivity (Wildman–Crippen MR) is 61.8 cm³/mol. The summed E-state index contributed by atoms with van der Waals surface area (Å²) in [6.45, 7) is 0. The summed E-state index contributed by atoms with van der Waals surface area (Å²) in [5.74, 6) is 0.356. The lowest BCUT2D eigenvalue weighted by Gasteiger charge is -2.03. The summed E-state index contributed by atoms with van der Waals surface area (Å²) in [6.07, 6.45) is 3.10. The van der Waals surface area contributed by atoms with Crippen molar-refractivity contribution in [2.45, 2.75) is 5.16 Å². The van der Waals surface area contributed by atoms with Gasteiger partial charge in [-0.2, -0.15) is 9.97 Å². The highest BCUT2D eigenvalue weighted by molar-refractivity contribution is 9.10. The maximum absolute atomic E-state index is 11.2. The van der Waals surface area contributed by atoms with Crippen molar-refractivity contribution in [2.75, 3.05) is 12.0 Å². The zero-order valence-electron chi connectivity index (χ0n) is 7.77. The van der Waals surface area contributed by atoms with Gasteiger partial charge in [-0.3, -0.25) is 0 Å². The Balaban J connectivity index is 2.66. The number of rotatable bonds is 1. The first kappa shape index (κ1) is 10.6. The third-order valence-electron chi connectivity index (χ3n) is 1.78. The molecular formula is C8H7BrN4OS. The first-order valence-electron chi connectivity index (χ1n) is 4.00. The Kier molecular flexibility index (Phi) is 2.76. The van der Waals surface area contributed by atoms with Crippen molar-refractivity contribution < 1.29 is 4.55 Å².